The second-order valence-electron chi connectivity index (χ2n) is 5.76. The Hall–Kier alpha value is -3.26. The Labute approximate surface area is 158 Å². The summed E-state index contributed by atoms with van der Waals surface area (Å²) in [6.45, 7) is 1.42. The van der Waals surface area contributed by atoms with Gasteiger partial charge in [-0.3, -0.25) is 9.59 Å². The number of benzene rings is 1. The number of carbonyl (C=O) groups is 2. The molecule has 0 atom stereocenters. The Balaban J connectivity index is 1.35. The van der Waals surface area contributed by atoms with Gasteiger partial charge in [-0.25, -0.2) is 0 Å². The number of nitrogens with one attached hydrogen (secondary N) is 2. The lowest BCUT2D eigenvalue weighted by Gasteiger charge is -2.18. The molecule has 8 heteroatoms. The summed E-state index contributed by atoms with van der Waals surface area (Å²) in [5, 5.41) is 6.13. The number of thiophene rings is 1. The fourth-order valence-corrected chi connectivity index (χ4v) is 3.39. The van der Waals surface area contributed by atoms with Crippen LogP contribution in [0.1, 0.15) is 25.8 Å². The van der Waals surface area contributed by atoms with Gasteiger partial charge in [0.2, 0.25) is 0 Å². The molecule has 0 aliphatic carbocycles. The van der Waals surface area contributed by atoms with Crippen molar-refractivity contribution in [1.29, 1.82) is 0 Å². The molecule has 2 amide bonds. The molecule has 0 spiro atoms. The van der Waals surface area contributed by atoms with Crippen molar-refractivity contribution in [3.63, 3.8) is 0 Å². The van der Waals surface area contributed by atoms with Gasteiger partial charge in [0.15, 0.2) is 17.3 Å². The van der Waals surface area contributed by atoms with Crippen LogP contribution in [0.15, 0.2) is 53.1 Å². The minimum atomic E-state index is -0.356. The molecule has 0 saturated carbocycles. The highest BCUT2D eigenvalue weighted by molar-refractivity contribution is 7.18. The molecular formula is C19H16N2O5S. The fraction of sp³-hybridized carbons (Fsp3) is 0.158. The summed E-state index contributed by atoms with van der Waals surface area (Å²) in [5.74, 6) is 1.05. The average Bonchev–Trinajstić information content (AvgIpc) is 3.38. The highest BCUT2D eigenvalue weighted by atomic mass is 32.1. The Morgan fingerprint density at radius 3 is 2.67 bits per heavy atom. The first-order chi connectivity index (χ1) is 13.2. The summed E-state index contributed by atoms with van der Waals surface area (Å²) in [6.07, 6.45) is 1.43. The maximum Gasteiger partial charge on any atom is 0.291 e. The van der Waals surface area contributed by atoms with Crippen molar-refractivity contribution in [2.75, 3.05) is 18.5 Å². The normalized spacial score (nSPS) is 12.4. The number of hydrogen-bond acceptors (Lipinski definition) is 6. The molecule has 3 aromatic rings. The number of hydrogen-bond donors (Lipinski definition) is 2. The zero-order valence-corrected chi connectivity index (χ0v) is 15.0. The van der Waals surface area contributed by atoms with Crippen LogP contribution >= 0.6 is 11.3 Å². The predicted molar refractivity (Wildman–Crippen MR) is 99.6 cm³/mol. The highest BCUT2D eigenvalue weighted by Gasteiger charge is 2.15. The van der Waals surface area contributed by atoms with Crippen LogP contribution in [0.25, 0.3) is 0 Å². The molecule has 1 aliphatic heterocycles. The van der Waals surface area contributed by atoms with E-state index < -0.39 is 0 Å². The lowest BCUT2D eigenvalue weighted by atomic mass is 10.2. The van der Waals surface area contributed by atoms with Gasteiger partial charge in [0, 0.05) is 6.54 Å². The summed E-state index contributed by atoms with van der Waals surface area (Å²) in [4.78, 5) is 24.8. The van der Waals surface area contributed by atoms with Gasteiger partial charge in [-0.2, -0.15) is 0 Å². The first-order valence-corrected chi connectivity index (χ1v) is 9.12. The van der Waals surface area contributed by atoms with Crippen molar-refractivity contribution >= 4 is 28.2 Å². The standard InChI is InChI=1S/C19H16N2O5S/c22-18(14-2-1-7-24-14)21-17-6-5-16(27-17)19(23)20-11-12-3-4-13-15(10-12)26-9-8-25-13/h1-7,10H,8-9,11H2,(H,20,23)(H,21,22). The third kappa shape index (κ3) is 3.95. The van der Waals surface area contributed by atoms with Gasteiger partial charge in [-0.1, -0.05) is 6.07 Å². The van der Waals surface area contributed by atoms with E-state index in [1.54, 1.807) is 24.3 Å². The van der Waals surface area contributed by atoms with Gasteiger partial charge < -0.3 is 24.5 Å². The summed E-state index contributed by atoms with van der Waals surface area (Å²) in [7, 11) is 0. The van der Waals surface area contributed by atoms with Crippen molar-refractivity contribution < 1.29 is 23.5 Å². The Bertz CT molecular complexity index is 964. The number of rotatable bonds is 5. The number of ether oxygens (including phenoxy) is 2. The van der Waals surface area contributed by atoms with Gasteiger partial charge in [0.05, 0.1) is 16.1 Å². The molecule has 3 heterocycles. The van der Waals surface area contributed by atoms with Crippen LogP contribution in [0, 0.1) is 0 Å². The second-order valence-corrected chi connectivity index (χ2v) is 6.84. The Morgan fingerprint density at radius 2 is 1.85 bits per heavy atom. The number of amides is 2. The molecule has 27 heavy (non-hydrogen) atoms. The quantitative estimate of drug-likeness (QED) is 0.705. The molecule has 0 saturated heterocycles. The number of furan rings is 1. The van der Waals surface area contributed by atoms with E-state index in [-0.39, 0.29) is 17.6 Å². The highest BCUT2D eigenvalue weighted by Crippen LogP contribution is 2.30. The summed E-state index contributed by atoms with van der Waals surface area (Å²) >= 11 is 1.19. The zero-order valence-electron chi connectivity index (χ0n) is 14.2. The van der Waals surface area contributed by atoms with Crippen LogP contribution in [0.3, 0.4) is 0 Å². The van der Waals surface area contributed by atoms with Crippen molar-refractivity contribution in [2.45, 2.75) is 6.54 Å². The Morgan fingerprint density at radius 1 is 1.00 bits per heavy atom. The lowest BCUT2D eigenvalue weighted by molar-refractivity contribution is 0.0953. The van der Waals surface area contributed by atoms with Crippen molar-refractivity contribution in [1.82, 2.24) is 5.32 Å². The fourth-order valence-electron chi connectivity index (χ4n) is 2.58. The van der Waals surface area contributed by atoms with Gasteiger partial charge >= 0.3 is 0 Å². The minimum Gasteiger partial charge on any atom is -0.486 e. The monoisotopic (exact) mass is 384 g/mol. The predicted octanol–water partition coefficient (Wildman–Crippen LogP) is 3.29. The average molecular weight is 384 g/mol. The van der Waals surface area contributed by atoms with E-state index in [1.165, 1.54) is 17.6 Å². The van der Waals surface area contributed by atoms with Crippen molar-refractivity contribution in [2.24, 2.45) is 0 Å². The largest absolute Gasteiger partial charge is 0.486 e. The summed E-state index contributed by atoms with van der Waals surface area (Å²) < 4.78 is 16.1. The maximum atomic E-state index is 12.3. The van der Waals surface area contributed by atoms with E-state index in [1.807, 2.05) is 18.2 Å². The number of fused-ring (bicyclic) bond motifs is 1. The van der Waals surface area contributed by atoms with Crippen LogP contribution in [0.5, 0.6) is 11.5 Å². The first kappa shape index (κ1) is 17.2. The van der Waals surface area contributed by atoms with Gasteiger partial charge in [0.25, 0.3) is 11.8 Å². The van der Waals surface area contributed by atoms with Crippen molar-refractivity contribution in [3.05, 3.63) is 64.9 Å². The summed E-state index contributed by atoms with van der Waals surface area (Å²) in [6, 6.07) is 12.1. The van der Waals surface area contributed by atoms with Crippen molar-refractivity contribution in [3.8, 4) is 11.5 Å². The minimum absolute atomic E-state index is 0.214. The van der Waals surface area contributed by atoms with Crippen LogP contribution < -0.4 is 20.1 Å². The first-order valence-electron chi connectivity index (χ1n) is 8.30. The van der Waals surface area contributed by atoms with Gasteiger partial charge in [0.1, 0.15) is 13.2 Å². The smallest absolute Gasteiger partial charge is 0.291 e. The molecule has 0 fully saturated rings. The molecule has 1 aliphatic rings. The maximum absolute atomic E-state index is 12.3. The van der Waals surface area contributed by atoms with E-state index in [9.17, 15) is 9.59 Å². The molecule has 2 aromatic heterocycles. The molecule has 1 aromatic carbocycles. The SMILES string of the molecule is O=C(Nc1ccc(C(=O)NCc2ccc3c(c2)OCCO3)s1)c1ccco1. The molecule has 138 valence electrons. The van der Waals surface area contributed by atoms with Crippen LogP contribution in [-0.4, -0.2) is 25.0 Å². The van der Waals surface area contributed by atoms with E-state index in [0.29, 0.717) is 41.1 Å². The molecule has 2 N–H and O–H groups in total. The zero-order chi connectivity index (χ0) is 18.6. The molecule has 4 rings (SSSR count). The second kappa shape index (κ2) is 7.55. The topological polar surface area (TPSA) is 89.8 Å². The van der Waals surface area contributed by atoms with Crippen LogP contribution in [-0.2, 0) is 6.54 Å². The molecular weight excluding hydrogens is 368 g/mol. The molecule has 0 unspecified atom stereocenters. The van der Waals surface area contributed by atoms with Gasteiger partial charge in [-0.05, 0) is 42.0 Å². The number of carbonyl (C=O) groups excluding carboxylic acids is 2. The van der Waals surface area contributed by atoms with Crippen LogP contribution in [0.2, 0.25) is 0 Å². The van der Waals surface area contributed by atoms with E-state index >= 15 is 0 Å². The van der Waals surface area contributed by atoms with E-state index in [4.69, 9.17) is 13.9 Å². The third-order valence-electron chi connectivity index (χ3n) is 3.87. The van der Waals surface area contributed by atoms with E-state index in [2.05, 4.69) is 10.6 Å². The third-order valence-corrected chi connectivity index (χ3v) is 4.87. The summed E-state index contributed by atoms with van der Waals surface area (Å²) in [5.41, 5.74) is 0.913. The Kier molecular flexibility index (Phi) is 4.80. The molecule has 7 nitrogen and oxygen atoms in total. The molecule has 0 bridgehead atoms. The molecule has 0 radical (unpaired) electrons. The van der Waals surface area contributed by atoms with Gasteiger partial charge in [-0.15, -0.1) is 11.3 Å². The van der Waals surface area contributed by atoms with Crippen LogP contribution in [0.4, 0.5) is 5.00 Å². The van der Waals surface area contributed by atoms with E-state index in [0.717, 1.165) is 5.56 Å². The number of anilines is 1. The lowest BCUT2D eigenvalue weighted by Crippen LogP contribution is -2.22.